The number of carbonyl (C=O) groups is 1. The number of esters is 1. The molecule has 0 saturated heterocycles. The highest BCUT2D eigenvalue weighted by Gasteiger charge is 2.18. The lowest BCUT2D eigenvalue weighted by Crippen LogP contribution is -2.33. The Hall–Kier alpha value is -0.280. The van der Waals surface area contributed by atoms with E-state index in [1.807, 2.05) is 34.6 Å². The molecule has 4 heteroatoms. The fourth-order valence-electron chi connectivity index (χ4n) is 0.817. The molecule has 0 aliphatic carbocycles. The molecule has 3 nitrogen and oxygen atoms in total. The van der Waals surface area contributed by atoms with Crippen LogP contribution in [0.5, 0.6) is 0 Å². The molecule has 0 saturated carbocycles. The maximum atomic E-state index is 11.2. The smallest absolute Gasteiger partial charge is 0.306 e. The molecule has 0 fully saturated rings. The van der Waals surface area contributed by atoms with Gasteiger partial charge in [0.2, 0.25) is 0 Å². The summed E-state index contributed by atoms with van der Waals surface area (Å²) < 4.78 is 5.14. The van der Waals surface area contributed by atoms with Gasteiger partial charge in [-0.25, -0.2) is 0 Å². The largest absolute Gasteiger partial charge is 0.460 e. The summed E-state index contributed by atoms with van der Waals surface area (Å²) in [4.78, 5) is 11.2. The summed E-state index contributed by atoms with van der Waals surface area (Å²) in [5.41, 5.74) is 5.05. The van der Waals surface area contributed by atoms with Gasteiger partial charge in [0.25, 0.3) is 0 Å². The van der Waals surface area contributed by atoms with Crippen molar-refractivity contribution in [1.29, 1.82) is 0 Å². The molecule has 0 aromatic carbocycles. The quantitative estimate of drug-likeness (QED) is 0.747. The maximum Gasteiger partial charge on any atom is 0.306 e. The predicted octanol–water partition coefficient (Wildman–Crippen LogP) is 2.27. The topological polar surface area (TPSA) is 52.3 Å². The summed E-state index contributed by atoms with van der Waals surface area (Å²) in [6.07, 6.45) is 1.04. The molecule has 0 atom stereocenters. The van der Waals surface area contributed by atoms with Gasteiger partial charge < -0.3 is 10.5 Å². The Bertz CT molecular complexity index is 180. The first-order chi connectivity index (χ1) is 5.60. The Labute approximate surface area is 92.8 Å². The van der Waals surface area contributed by atoms with E-state index in [9.17, 15) is 4.79 Å². The molecular weight excluding hydrogens is 202 g/mol. The van der Waals surface area contributed by atoms with Crippen LogP contribution in [0, 0.1) is 0 Å². The molecule has 0 bridgehead atoms. The van der Waals surface area contributed by atoms with Crippen LogP contribution in [0.15, 0.2) is 0 Å². The number of carbonyl (C=O) groups excluding carboxylic acids is 1. The molecule has 0 aliphatic rings. The average Bonchev–Trinajstić information content (AvgIpc) is 1.78. The zero-order valence-electron chi connectivity index (χ0n) is 9.72. The van der Waals surface area contributed by atoms with Gasteiger partial charge in [0.1, 0.15) is 5.60 Å². The molecular formula is C10H22ClNO2. The molecule has 0 unspecified atom stereocenters. The van der Waals surface area contributed by atoms with E-state index < -0.39 is 5.60 Å². The lowest BCUT2D eigenvalue weighted by atomic mass is 10.0. The van der Waals surface area contributed by atoms with Gasteiger partial charge in [-0.2, -0.15) is 0 Å². The fraction of sp³-hybridized carbons (Fsp3) is 0.900. The van der Waals surface area contributed by atoms with Crippen molar-refractivity contribution in [2.24, 2.45) is 5.73 Å². The molecule has 0 spiro atoms. The van der Waals surface area contributed by atoms with Gasteiger partial charge in [-0.15, -0.1) is 12.4 Å². The van der Waals surface area contributed by atoms with E-state index in [4.69, 9.17) is 10.5 Å². The SMILES string of the molecule is CC(C)(N)CCC(=O)OC(C)(C)C.Cl. The van der Waals surface area contributed by atoms with Gasteiger partial charge in [-0.3, -0.25) is 4.79 Å². The first-order valence-electron chi connectivity index (χ1n) is 4.61. The van der Waals surface area contributed by atoms with Crippen molar-refractivity contribution in [3.05, 3.63) is 0 Å². The van der Waals surface area contributed by atoms with Crippen molar-refractivity contribution in [2.45, 2.75) is 58.6 Å². The Morgan fingerprint density at radius 1 is 1.21 bits per heavy atom. The number of hydrogen-bond donors (Lipinski definition) is 1. The standard InChI is InChI=1S/C10H21NO2.ClH/c1-9(2,3)13-8(12)6-7-10(4,5)11;/h6-7,11H2,1-5H3;1H. The van der Waals surface area contributed by atoms with Crippen molar-refractivity contribution < 1.29 is 9.53 Å². The third kappa shape index (κ3) is 11.7. The van der Waals surface area contributed by atoms with Crippen molar-refractivity contribution in [1.82, 2.24) is 0 Å². The minimum atomic E-state index is -0.393. The van der Waals surface area contributed by atoms with Crippen LogP contribution in [0.25, 0.3) is 0 Å². The van der Waals surface area contributed by atoms with Crippen LogP contribution in [-0.4, -0.2) is 17.1 Å². The van der Waals surface area contributed by atoms with Crippen LogP contribution >= 0.6 is 12.4 Å². The van der Waals surface area contributed by atoms with Crippen molar-refractivity contribution >= 4 is 18.4 Å². The lowest BCUT2D eigenvalue weighted by Gasteiger charge is -2.22. The highest BCUT2D eigenvalue weighted by molar-refractivity contribution is 5.85. The predicted molar refractivity (Wildman–Crippen MR) is 60.6 cm³/mol. The molecule has 2 N–H and O–H groups in total. The number of rotatable bonds is 3. The Morgan fingerprint density at radius 2 is 1.64 bits per heavy atom. The molecule has 0 radical (unpaired) electrons. The maximum absolute atomic E-state index is 11.2. The molecule has 0 aliphatic heterocycles. The van der Waals surface area contributed by atoms with Crippen LogP contribution < -0.4 is 5.73 Å². The first-order valence-corrected chi connectivity index (χ1v) is 4.61. The monoisotopic (exact) mass is 223 g/mol. The van der Waals surface area contributed by atoms with Crippen molar-refractivity contribution in [2.75, 3.05) is 0 Å². The summed E-state index contributed by atoms with van der Waals surface area (Å²) in [5.74, 6) is -0.175. The second-order valence-electron chi connectivity index (χ2n) is 5.08. The summed E-state index contributed by atoms with van der Waals surface area (Å²) in [6.45, 7) is 9.38. The third-order valence-electron chi connectivity index (χ3n) is 1.39. The number of nitrogens with two attached hydrogens (primary N) is 1. The van der Waals surface area contributed by atoms with Crippen LogP contribution in [0.1, 0.15) is 47.5 Å². The number of hydrogen-bond acceptors (Lipinski definition) is 3. The van der Waals surface area contributed by atoms with Crippen LogP contribution in [-0.2, 0) is 9.53 Å². The molecule has 0 aromatic rings. The molecule has 0 rings (SSSR count). The third-order valence-corrected chi connectivity index (χ3v) is 1.39. The Morgan fingerprint density at radius 3 is 1.93 bits per heavy atom. The van der Waals surface area contributed by atoms with E-state index >= 15 is 0 Å². The van der Waals surface area contributed by atoms with Crippen LogP contribution in [0.4, 0.5) is 0 Å². The Balaban J connectivity index is 0. The van der Waals surface area contributed by atoms with E-state index in [0.29, 0.717) is 12.8 Å². The summed E-state index contributed by atoms with van der Waals surface area (Å²) in [5, 5.41) is 0. The lowest BCUT2D eigenvalue weighted by molar-refractivity contribution is -0.155. The molecule has 86 valence electrons. The first kappa shape index (κ1) is 16.2. The van der Waals surface area contributed by atoms with Gasteiger partial charge in [0.15, 0.2) is 0 Å². The van der Waals surface area contributed by atoms with E-state index in [0.717, 1.165) is 0 Å². The number of halogens is 1. The summed E-state index contributed by atoms with van der Waals surface area (Å²) >= 11 is 0. The number of ether oxygens (including phenoxy) is 1. The van der Waals surface area contributed by atoms with E-state index in [-0.39, 0.29) is 23.9 Å². The van der Waals surface area contributed by atoms with Crippen LogP contribution in [0.2, 0.25) is 0 Å². The van der Waals surface area contributed by atoms with Crippen molar-refractivity contribution in [3.63, 3.8) is 0 Å². The zero-order chi connectivity index (χ0) is 10.7. The highest BCUT2D eigenvalue weighted by Crippen LogP contribution is 2.12. The second-order valence-corrected chi connectivity index (χ2v) is 5.08. The van der Waals surface area contributed by atoms with Gasteiger partial charge in [-0.1, -0.05) is 0 Å². The van der Waals surface area contributed by atoms with E-state index in [1.54, 1.807) is 0 Å². The summed E-state index contributed by atoms with van der Waals surface area (Å²) in [7, 11) is 0. The van der Waals surface area contributed by atoms with Crippen molar-refractivity contribution in [3.8, 4) is 0 Å². The Kier molecular flexibility index (Phi) is 6.42. The highest BCUT2D eigenvalue weighted by atomic mass is 35.5. The second kappa shape index (κ2) is 5.56. The minimum absolute atomic E-state index is 0. The molecule has 0 heterocycles. The minimum Gasteiger partial charge on any atom is -0.460 e. The zero-order valence-corrected chi connectivity index (χ0v) is 10.5. The normalized spacial score (nSPS) is 11.9. The van der Waals surface area contributed by atoms with E-state index in [1.165, 1.54) is 0 Å². The van der Waals surface area contributed by atoms with E-state index in [2.05, 4.69) is 0 Å². The summed E-state index contributed by atoms with van der Waals surface area (Å²) in [6, 6.07) is 0. The van der Waals surface area contributed by atoms with Gasteiger partial charge >= 0.3 is 5.97 Å². The molecule has 0 amide bonds. The molecule has 0 aromatic heterocycles. The van der Waals surface area contributed by atoms with Gasteiger partial charge in [0, 0.05) is 12.0 Å². The fourth-order valence-corrected chi connectivity index (χ4v) is 0.817. The van der Waals surface area contributed by atoms with Crippen LogP contribution in [0.3, 0.4) is 0 Å². The molecule has 14 heavy (non-hydrogen) atoms. The average molecular weight is 224 g/mol. The van der Waals surface area contributed by atoms with Gasteiger partial charge in [0.05, 0.1) is 0 Å². The van der Waals surface area contributed by atoms with Gasteiger partial charge in [-0.05, 0) is 41.0 Å².